The van der Waals surface area contributed by atoms with Crippen molar-refractivity contribution in [3.05, 3.63) is 64.1 Å². The number of carbonyl (C=O) groups excluding carboxylic acids is 2. The number of anilines is 1. The van der Waals surface area contributed by atoms with E-state index in [9.17, 15) is 23.1 Å². The van der Waals surface area contributed by atoms with Gasteiger partial charge < -0.3 is 5.11 Å². The molecule has 29 heavy (non-hydrogen) atoms. The van der Waals surface area contributed by atoms with Crippen molar-refractivity contribution in [2.75, 3.05) is 17.3 Å². The molecule has 0 aromatic heterocycles. The van der Waals surface area contributed by atoms with E-state index in [1.807, 2.05) is 26.0 Å². The summed E-state index contributed by atoms with van der Waals surface area (Å²) in [6.45, 7) is 3.74. The maximum atomic E-state index is 13.2. The summed E-state index contributed by atoms with van der Waals surface area (Å²) in [5, 5.41) is 14.3. The van der Waals surface area contributed by atoms with Crippen LogP contribution in [0.3, 0.4) is 0 Å². The molecule has 1 heterocycles. The normalized spacial score (nSPS) is 14.8. The highest BCUT2D eigenvalue weighted by Gasteiger charge is 2.40. The lowest BCUT2D eigenvalue weighted by molar-refractivity contribution is -0.119. The molecule has 0 radical (unpaired) electrons. The number of aliphatic hydroxyl groups is 1. The number of carbonyl (C=O) groups is 2. The summed E-state index contributed by atoms with van der Waals surface area (Å²) in [5.41, 5.74) is 3.18. The van der Waals surface area contributed by atoms with E-state index < -0.39 is 21.8 Å². The molecule has 0 saturated heterocycles. The molecule has 1 aliphatic rings. The van der Waals surface area contributed by atoms with Gasteiger partial charge in [-0.05, 0) is 54.8 Å². The second-order valence-electron chi connectivity index (χ2n) is 6.56. The van der Waals surface area contributed by atoms with Gasteiger partial charge in [0, 0.05) is 5.75 Å². The van der Waals surface area contributed by atoms with Crippen molar-refractivity contribution >= 4 is 44.9 Å². The van der Waals surface area contributed by atoms with E-state index in [2.05, 4.69) is 0 Å². The molecular weight excluding hydrogens is 412 g/mol. The minimum absolute atomic E-state index is 0.113. The Bertz CT molecular complexity index is 1120. The number of benzene rings is 2. The average Bonchev–Trinajstić information content (AvgIpc) is 2.91. The van der Waals surface area contributed by atoms with E-state index in [0.717, 1.165) is 27.8 Å². The molecule has 0 unspecified atom stereocenters. The van der Waals surface area contributed by atoms with E-state index >= 15 is 0 Å². The smallest absolute Gasteiger partial charge is 0.272 e. The summed E-state index contributed by atoms with van der Waals surface area (Å²) in [7, 11) is -3.89. The van der Waals surface area contributed by atoms with Crippen LogP contribution in [-0.2, 0) is 19.6 Å². The van der Waals surface area contributed by atoms with Crippen LogP contribution in [0, 0.1) is 13.8 Å². The highest BCUT2D eigenvalue weighted by Crippen LogP contribution is 2.38. The third-order valence-corrected chi connectivity index (χ3v) is 6.58. The van der Waals surface area contributed by atoms with Crippen LogP contribution in [0.25, 0.3) is 5.57 Å². The lowest BCUT2D eigenvalue weighted by Crippen LogP contribution is -2.31. The molecule has 2 aromatic rings. The van der Waals surface area contributed by atoms with Crippen molar-refractivity contribution in [3.8, 4) is 0 Å². The third-order valence-electron chi connectivity index (χ3n) is 4.60. The van der Waals surface area contributed by atoms with Crippen LogP contribution in [0.5, 0.6) is 0 Å². The Labute approximate surface area is 173 Å². The van der Waals surface area contributed by atoms with Gasteiger partial charge in [0.05, 0.1) is 27.7 Å². The predicted molar refractivity (Wildman–Crippen MR) is 113 cm³/mol. The largest absolute Gasteiger partial charge is 0.396 e. The van der Waals surface area contributed by atoms with Crippen LogP contribution in [0.1, 0.15) is 16.7 Å². The fraction of sp³-hybridized carbons (Fsp3) is 0.200. The molecule has 9 heteroatoms. The van der Waals surface area contributed by atoms with Crippen LogP contribution in [-0.4, -0.2) is 37.7 Å². The molecule has 0 aliphatic carbocycles. The quantitative estimate of drug-likeness (QED) is 0.674. The van der Waals surface area contributed by atoms with Crippen molar-refractivity contribution in [3.63, 3.8) is 0 Å². The first-order valence-corrected chi connectivity index (χ1v) is 11.3. The molecule has 0 fully saturated rings. The molecule has 1 aliphatic heterocycles. The van der Waals surface area contributed by atoms with E-state index in [1.165, 1.54) is 24.3 Å². The van der Waals surface area contributed by atoms with E-state index in [-0.39, 0.29) is 33.4 Å². The number of amides is 2. The zero-order valence-electron chi connectivity index (χ0n) is 15.9. The van der Waals surface area contributed by atoms with Gasteiger partial charge in [-0.2, -0.15) is 0 Å². The molecule has 0 saturated carbocycles. The third kappa shape index (κ3) is 4.13. The number of nitrogens with zero attached hydrogens (tertiary/aromatic N) is 1. The van der Waals surface area contributed by atoms with Crippen LogP contribution in [0.15, 0.2) is 52.3 Å². The second-order valence-corrected chi connectivity index (χ2v) is 9.23. The number of sulfonamides is 1. The van der Waals surface area contributed by atoms with Gasteiger partial charge in [-0.25, -0.2) is 18.5 Å². The van der Waals surface area contributed by atoms with Crippen molar-refractivity contribution in [1.29, 1.82) is 0 Å². The highest BCUT2D eigenvalue weighted by atomic mass is 32.2. The summed E-state index contributed by atoms with van der Waals surface area (Å²) in [6.07, 6.45) is 0. The van der Waals surface area contributed by atoms with Crippen LogP contribution >= 0.6 is 11.8 Å². The van der Waals surface area contributed by atoms with Gasteiger partial charge >= 0.3 is 0 Å². The zero-order chi connectivity index (χ0) is 21.3. The molecule has 2 aromatic carbocycles. The number of nitrogens with two attached hydrogens (primary N) is 1. The molecule has 0 bridgehead atoms. The number of aliphatic hydroxyl groups excluding tert-OH is 1. The highest BCUT2D eigenvalue weighted by molar-refractivity contribution is 8.04. The number of rotatable bonds is 6. The molecule has 3 N–H and O–H groups in total. The van der Waals surface area contributed by atoms with Gasteiger partial charge in [-0.1, -0.05) is 18.2 Å². The fourth-order valence-electron chi connectivity index (χ4n) is 2.96. The minimum Gasteiger partial charge on any atom is -0.396 e. The number of hydrogen-bond acceptors (Lipinski definition) is 6. The summed E-state index contributed by atoms with van der Waals surface area (Å²) in [4.78, 5) is 27.4. The standard InChI is InChI=1S/C20H20N2O5S2/c1-12-3-4-14(11-13(12)2)17-18(28-10-9-23)20(25)22(19(17)24)15-5-7-16(8-6-15)29(21,26)27/h3-8,11,23H,9-10H2,1-2H3,(H2,21,26,27). The Morgan fingerprint density at radius 1 is 1.00 bits per heavy atom. The Morgan fingerprint density at radius 3 is 2.21 bits per heavy atom. The molecule has 0 atom stereocenters. The van der Waals surface area contributed by atoms with Gasteiger partial charge in [0.15, 0.2) is 0 Å². The first-order valence-electron chi connectivity index (χ1n) is 8.72. The van der Waals surface area contributed by atoms with E-state index in [4.69, 9.17) is 5.14 Å². The molecule has 7 nitrogen and oxygen atoms in total. The monoisotopic (exact) mass is 432 g/mol. The van der Waals surface area contributed by atoms with Crippen LogP contribution < -0.4 is 10.0 Å². The number of primary sulfonamides is 1. The van der Waals surface area contributed by atoms with E-state index in [1.54, 1.807) is 6.07 Å². The lowest BCUT2D eigenvalue weighted by Gasteiger charge is -2.15. The van der Waals surface area contributed by atoms with Crippen LogP contribution in [0.4, 0.5) is 5.69 Å². The van der Waals surface area contributed by atoms with Crippen molar-refractivity contribution in [2.45, 2.75) is 18.7 Å². The van der Waals surface area contributed by atoms with Gasteiger partial charge in [0.25, 0.3) is 11.8 Å². The Balaban J connectivity index is 2.06. The molecule has 3 rings (SSSR count). The Hall–Kier alpha value is -2.46. The molecule has 152 valence electrons. The summed E-state index contributed by atoms with van der Waals surface area (Å²) >= 11 is 1.12. The first kappa shape index (κ1) is 21.3. The summed E-state index contributed by atoms with van der Waals surface area (Å²) < 4.78 is 22.9. The number of imide groups is 1. The van der Waals surface area contributed by atoms with Crippen molar-refractivity contribution < 1.29 is 23.1 Å². The SMILES string of the molecule is Cc1ccc(C2=C(SCCO)C(=O)N(c3ccc(S(N)(=O)=O)cc3)C2=O)cc1C. The van der Waals surface area contributed by atoms with Crippen LogP contribution in [0.2, 0.25) is 0 Å². The maximum absolute atomic E-state index is 13.2. The van der Waals surface area contributed by atoms with Crippen molar-refractivity contribution in [2.24, 2.45) is 5.14 Å². The second kappa shape index (κ2) is 8.11. The van der Waals surface area contributed by atoms with Gasteiger partial charge in [-0.3, -0.25) is 9.59 Å². The predicted octanol–water partition coefficient (Wildman–Crippen LogP) is 1.96. The number of thioether (sulfide) groups is 1. The minimum atomic E-state index is -3.89. The molecular formula is C20H20N2O5S2. The van der Waals surface area contributed by atoms with Gasteiger partial charge in [-0.15, -0.1) is 11.8 Å². The number of hydrogen-bond donors (Lipinski definition) is 2. The summed E-state index contributed by atoms with van der Waals surface area (Å²) in [6, 6.07) is 10.8. The average molecular weight is 433 g/mol. The van der Waals surface area contributed by atoms with Gasteiger partial charge in [0.2, 0.25) is 10.0 Å². The molecule has 2 amide bonds. The van der Waals surface area contributed by atoms with Crippen molar-refractivity contribution in [1.82, 2.24) is 0 Å². The Morgan fingerprint density at radius 2 is 1.66 bits per heavy atom. The summed E-state index contributed by atoms with van der Waals surface area (Å²) in [5.74, 6) is -0.743. The maximum Gasteiger partial charge on any atom is 0.272 e. The lowest BCUT2D eigenvalue weighted by atomic mass is 10.0. The van der Waals surface area contributed by atoms with E-state index in [0.29, 0.717) is 5.56 Å². The number of aryl methyl sites for hydroxylation is 2. The fourth-order valence-corrected chi connectivity index (χ4v) is 4.34. The molecule has 0 spiro atoms. The Kier molecular flexibility index (Phi) is 5.95. The zero-order valence-corrected chi connectivity index (χ0v) is 17.5. The first-order chi connectivity index (χ1) is 13.6. The van der Waals surface area contributed by atoms with Gasteiger partial charge in [0.1, 0.15) is 0 Å². The topological polar surface area (TPSA) is 118 Å².